The van der Waals surface area contributed by atoms with E-state index < -0.39 is 0 Å². The Hall–Kier alpha value is -1.36. The van der Waals surface area contributed by atoms with Gasteiger partial charge in [0.15, 0.2) is 0 Å². The molecule has 1 aromatic heterocycles. The second-order valence-corrected chi connectivity index (χ2v) is 4.89. The van der Waals surface area contributed by atoms with Gasteiger partial charge in [0.25, 0.3) is 0 Å². The van der Waals surface area contributed by atoms with Gasteiger partial charge in [-0.2, -0.15) is 0 Å². The summed E-state index contributed by atoms with van der Waals surface area (Å²) in [6.07, 6.45) is 3.69. The van der Waals surface area contributed by atoms with Crippen LogP contribution in [-0.4, -0.2) is 22.0 Å². The molecule has 0 aliphatic rings. The van der Waals surface area contributed by atoms with Crippen molar-refractivity contribution >= 4 is 5.91 Å². The van der Waals surface area contributed by atoms with E-state index in [0.29, 0.717) is 12.5 Å². The van der Waals surface area contributed by atoms with Crippen LogP contribution < -0.4 is 11.1 Å². The first-order valence-corrected chi connectivity index (χ1v) is 5.99. The van der Waals surface area contributed by atoms with Crippen LogP contribution in [0.5, 0.6) is 0 Å². The molecule has 1 unspecified atom stereocenters. The van der Waals surface area contributed by atoms with Gasteiger partial charge in [0.2, 0.25) is 5.91 Å². The third-order valence-electron chi connectivity index (χ3n) is 2.52. The lowest BCUT2D eigenvalue weighted by atomic mass is 10.2. The Morgan fingerprint density at radius 3 is 2.82 bits per heavy atom. The fourth-order valence-corrected chi connectivity index (χ4v) is 1.49. The van der Waals surface area contributed by atoms with Crippen LogP contribution in [0.4, 0.5) is 0 Å². The van der Waals surface area contributed by atoms with Crippen molar-refractivity contribution in [2.24, 2.45) is 17.6 Å². The number of nitrogens with zero attached hydrogens (tertiary/aromatic N) is 2. The normalized spacial score (nSPS) is 12.9. The van der Waals surface area contributed by atoms with Gasteiger partial charge in [-0.15, -0.1) is 0 Å². The van der Waals surface area contributed by atoms with Gasteiger partial charge in [0.1, 0.15) is 0 Å². The van der Waals surface area contributed by atoms with E-state index >= 15 is 0 Å². The fraction of sp³-hybridized carbons (Fsp3) is 0.667. The molecule has 0 aliphatic heterocycles. The number of carbonyl (C=O) groups is 1. The van der Waals surface area contributed by atoms with Gasteiger partial charge < -0.3 is 15.6 Å². The van der Waals surface area contributed by atoms with Crippen LogP contribution in [0.3, 0.4) is 0 Å². The lowest BCUT2D eigenvalue weighted by Crippen LogP contribution is -2.24. The molecular formula is C12H22N4O. The number of carbonyl (C=O) groups excluding carboxylic acids is 1. The molecule has 5 nitrogen and oxygen atoms in total. The Bertz CT molecular complexity index is 359. The predicted octanol–water partition coefficient (Wildman–Crippen LogP) is 0.750. The maximum atomic E-state index is 10.9. The van der Waals surface area contributed by atoms with E-state index in [9.17, 15) is 4.79 Å². The molecule has 1 aromatic rings. The van der Waals surface area contributed by atoms with Gasteiger partial charge in [-0.05, 0) is 12.5 Å². The van der Waals surface area contributed by atoms with E-state index in [1.165, 1.54) is 0 Å². The molecule has 0 aliphatic carbocycles. The SMILES string of the molecule is CC(C)CNCc1cn(CC(C)C(N)=O)cn1. The average Bonchev–Trinajstić information content (AvgIpc) is 2.65. The van der Waals surface area contributed by atoms with Crippen molar-refractivity contribution < 1.29 is 4.79 Å². The summed E-state index contributed by atoms with van der Waals surface area (Å²) in [7, 11) is 0. The van der Waals surface area contributed by atoms with Crippen LogP contribution in [0.15, 0.2) is 12.5 Å². The fourth-order valence-electron chi connectivity index (χ4n) is 1.49. The molecule has 0 bridgehead atoms. The topological polar surface area (TPSA) is 72.9 Å². The van der Waals surface area contributed by atoms with Crippen LogP contribution in [-0.2, 0) is 17.9 Å². The van der Waals surface area contributed by atoms with Gasteiger partial charge in [-0.1, -0.05) is 20.8 Å². The average molecular weight is 238 g/mol. The standard InChI is InChI=1S/C12H22N4O/c1-9(2)4-14-5-11-7-16(8-15-11)6-10(3)12(13)17/h7-10,14H,4-6H2,1-3H3,(H2,13,17). The first-order chi connectivity index (χ1) is 7.99. The number of imidazole rings is 1. The van der Waals surface area contributed by atoms with Gasteiger partial charge >= 0.3 is 0 Å². The molecule has 96 valence electrons. The minimum absolute atomic E-state index is 0.166. The van der Waals surface area contributed by atoms with Crippen molar-refractivity contribution in [3.63, 3.8) is 0 Å². The number of nitrogens with two attached hydrogens (primary N) is 1. The molecule has 1 atom stereocenters. The van der Waals surface area contributed by atoms with Crippen molar-refractivity contribution in [2.75, 3.05) is 6.54 Å². The highest BCUT2D eigenvalue weighted by molar-refractivity contribution is 5.76. The van der Waals surface area contributed by atoms with E-state index in [1.807, 2.05) is 17.7 Å². The monoisotopic (exact) mass is 238 g/mol. The molecular weight excluding hydrogens is 216 g/mol. The quantitative estimate of drug-likeness (QED) is 0.736. The van der Waals surface area contributed by atoms with Crippen molar-refractivity contribution in [3.8, 4) is 0 Å². The van der Waals surface area contributed by atoms with Crippen molar-refractivity contribution in [3.05, 3.63) is 18.2 Å². The molecule has 0 saturated carbocycles. The Morgan fingerprint density at radius 1 is 1.53 bits per heavy atom. The molecule has 0 spiro atoms. The minimum atomic E-state index is -0.279. The van der Waals surface area contributed by atoms with E-state index in [0.717, 1.165) is 18.8 Å². The second kappa shape index (κ2) is 6.39. The number of amides is 1. The number of rotatable bonds is 7. The van der Waals surface area contributed by atoms with Crippen molar-refractivity contribution in [1.29, 1.82) is 0 Å². The number of nitrogens with one attached hydrogen (secondary N) is 1. The molecule has 1 heterocycles. The Labute approximate surface area is 102 Å². The summed E-state index contributed by atoms with van der Waals surface area (Å²) in [5.41, 5.74) is 6.21. The number of aromatic nitrogens is 2. The lowest BCUT2D eigenvalue weighted by molar-refractivity contribution is -0.121. The molecule has 5 heteroatoms. The number of hydrogen-bond acceptors (Lipinski definition) is 3. The molecule has 17 heavy (non-hydrogen) atoms. The summed E-state index contributed by atoms with van der Waals surface area (Å²) in [5, 5.41) is 3.32. The summed E-state index contributed by atoms with van der Waals surface area (Å²) in [6.45, 7) is 8.48. The van der Waals surface area contributed by atoms with E-state index in [-0.39, 0.29) is 11.8 Å². The maximum absolute atomic E-state index is 10.9. The molecule has 0 saturated heterocycles. The third kappa shape index (κ3) is 4.99. The zero-order chi connectivity index (χ0) is 12.8. The van der Waals surface area contributed by atoms with Gasteiger partial charge in [-0.25, -0.2) is 4.98 Å². The highest BCUT2D eigenvalue weighted by Crippen LogP contribution is 2.02. The predicted molar refractivity (Wildman–Crippen MR) is 67.1 cm³/mol. The zero-order valence-electron chi connectivity index (χ0n) is 10.8. The summed E-state index contributed by atoms with van der Waals surface area (Å²) >= 11 is 0. The number of primary amides is 1. The first kappa shape index (κ1) is 13.7. The lowest BCUT2D eigenvalue weighted by Gasteiger charge is -2.07. The van der Waals surface area contributed by atoms with Gasteiger partial charge in [0, 0.05) is 19.3 Å². The van der Waals surface area contributed by atoms with Crippen molar-refractivity contribution in [2.45, 2.75) is 33.9 Å². The maximum Gasteiger partial charge on any atom is 0.222 e. The van der Waals surface area contributed by atoms with Crippen LogP contribution in [0.1, 0.15) is 26.5 Å². The van der Waals surface area contributed by atoms with Crippen LogP contribution in [0, 0.1) is 11.8 Å². The van der Waals surface area contributed by atoms with Crippen LogP contribution >= 0.6 is 0 Å². The zero-order valence-corrected chi connectivity index (χ0v) is 10.8. The summed E-state index contributed by atoms with van der Waals surface area (Å²) in [5.74, 6) is 0.186. The molecule has 0 fully saturated rings. The smallest absolute Gasteiger partial charge is 0.222 e. The van der Waals surface area contributed by atoms with Crippen LogP contribution in [0.25, 0.3) is 0 Å². The van der Waals surface area contributed by atoms with E-state index in [4.69, 9.17) is 5.73 Å². The molecule has 0 aromatic carbocycles. The third-order valence-corrected chi connectivity index (χ3v) is 2.52. The van der Waals surface area contributed by atoms with Gasteiger partial charge in [0.05, 0.1) is 17.9 Å². The molecule has 1 amide bonds. The highest BCUT2D eigenvalue weighted by atomic mass is 16.1. The Kier molecular flexibility index (Phi) is 5.15. The summed E-state index contributed by atoms with van der Waals surface area (Å²) < 4.78 is 1.90. The highest BCUT2D eigenvalue weighted by Gasteiger charge is 2.09. The Morgan fingerprint density at radius 2 is 2.24 bits per heavy atom. The van der Waals surface area contributed by atoms with Crippen molar-refractivity contribution in [1.82, 2.24) is 14.9 Å². The second-order valence-electron chi connectivity index (χ2n) is 4.89. The van der Waals surface area contributed by atoms with Gasteiger partial charge in [-0.3, -0.25) is 4.79 Å². The first-order valence-electron chi connectivity index (χ1n) is 5.99. The number of hydrogen-bond donors (Lipinski definition) is 2. The molecule has 3 N–H and O–H groups in total. The summed E-state index contributed by atoms with van der Waals surface area (Å²) in [6, 6.07) is 0. The minimum Gasteiger partial charge on any atom is -0.369 e. The summed E-state index contributed by atoms with van der Waals surface area (Å²) in [4.78, 5) is 15.2. The molecule has 1 rings (SSSR count). The molecule has 0 radical (unpaired) electrons. The van der Waals surface area contributed by atoms with Crippen LogP contribution in [0.2, 0.25) is 0 Å². The Balaban J connectivity index is 2.40. The van der Waals surface area contributed by atoms with E-state index in [1.54, 1.807) is 6.33 Å². The van der Waals surface area contributed by atoms with E-state index in [2.05, 4.69) is 24.1 Å². The largest absolute Gasteiger partial charge is 0.369 e.